The number of carbonyl (C=O) groups is 1. The Hall–Kier alpha value is -1.88. The summed E-state index contributed by atoms with van der Waals surface area (Å²) in [6.07, 6.45) is 8.57. The molecular weight excluding hydrogens is 266 g/mol. The van der Waals surface area contributed by atoms with Crippen LogP contribution >= 0.6 is 0 Å². The van der Waals surface area contributed by atoms with Crippen LogP contribution < -0.4 is 5.32 Å². The van der Waals surface area contributed by atoms with E-state index < -0.39 is 0 Å². The third-order valence-electron chi connectivity index (χ3n) is 3.65. The highest BCUT2D eigenvalue weighted by molar-refractivity contribution is 5.46. The number of carbonyl (C=O) groups excluding carboxylic acids is 1. The van der Waals surface area contributed by atoms with Crippen LogP contribution in [0.25, 0.3) is 0 Å². The summed E-state index contributed by atoms with van der Waals surface area (Å²) in [5.41, 5.74) is 2.20. The lowest BCUT2D eigenvalue weighted by Crippen LogP contribution is -2.29. The molecule has 0 radical (unpaired) electrons. The van der Waals surface area contributed by atoms with E-state index in [2.05, 4.69) is 27.3 Å². The number of hydrogen-bond acceptors (Lipinski definition) is 4. The molecule has 2 heterocycles. The molecule has 0 spiro atoms. The molecule has 2 rings (SSSR count). The Labute approximate surface area is 125 Å². The number of rotatable bonds is 7. The molecule has 0 aliphatic carbocycles. The summed E-state index contributed by atoms with van der Waals surface area (Å²) in [4.78, 5) is 16.9. The highest BCUT2D eigenvalue weighted by Gasteiger charge is 2.10. The van der Waals surface area contributed by atoms with Gasteiger partial charge >= 0.3 is 0 Å². The standard InChI is InChI=1S/C16H23N3O2/c20-13-17-11-16(21)5-4-15-10-14(6-7-18-15)12-19-8-2-1-3-9-19/h5-7,10,13,21H,1-4,8-9,11-12H2,(H,17,20)/b16-5-. The van der Waals surface area contributed by atoms with Crippen LogP contribution in [0.1, 0.15) is 30.5 Å². The second-order valence-corrected chi connectivity index (χ2v) is 5.39. The van der Waals surface area contributed by atoms with Crippen molar-refractivity contribution in [3.8, 4) is 0 Å². The molecule has 1 saturated heterocycles. The smallest absolute Gasteiger partial charge is 0.207 e. The van der Waals surface area contributed by atoms with Gasteiger partial charge in [-0.3, -0.25) is 14.7 Å². The summed E-state index contributed by atoms with van der Waals surface area (Å²) in [6, 6.07) is 4.14. The number of aromatic nitrogens is 1. The van der Waals surface area contributed by atoms with Crippen LogP contribution in [-0.4, -0.2) is 41.0 Å². The molecule has 0 atom stereocenters. The van der Waals surface area contributed by atoms with E-state index in [0.717, 1.165) is 12.2 Å². The topological polar surface area (TPSA) is 65.5 Å². The van der Waals surface area contributed by atoms with Crippen LogP contribution in [0.15, 0.2) is 30.2 Å². The van der Waals surface area contributed by atoms with Crippen LogP contribution in [-0.2, 0) is 17.8 Å². The summed E-state index contributed by atoms with van der Waals surface area (Å²) < 4.78 is 0. The predicted molar refractivity (Wildman–Crippen MR) is 81.8 cm³/mol. The van der Waals surface area contributed by atoms with Crippen LogP contribution in [0.2, 0.25) is 0 Å². The second-order valence-electron chi connectivity index (χ2n) is 5.39. The summed E-state index contributed by atoms with van der Waals surface area (Å²) in [7, 11) is 0. The Bertz CT molecular complexity index is 482. The molecule has 0 unspecified atom stereocenters. The summed E-state index contributed by atoms with van der Waals surface area (Å²) in [5, 5.41) is 12.0. The quantitative estimate of drug-likeness (QED) is 0.593. The highest BCUT2D eigenvalue weighted by atomic mass is 16.3. The van der Waals surface area contributed by atoms with Crippen molar-refractivity contribution in [3.05, 3.63) is 41.4 Å². The molecule has 1 fully saturated rings. The van der Waals surface area contributed by atoms with Crippen molar-refractivity contribution >= 4 is 6.41 Å². The molecule has 1 aliphatic rings. The third kappa shape index (κ3) is 5.55. The number of amides is 1. The van der Waals surface area contributed by atoms with Crippen molar-refractivity contribution < 1.29 is 9.90 Å². The molecule has 0 saturated carbocycles. The molecule has 1 aromatic rings. The third-order valence-corrected chi connectivity index (χ3v) is 3.65. The normalized spacial score (nSPS) is 16.7. The fourth-order valence-corrected chi connectivity index (χ4v) is 2.55. The van der Waals surface area contributed by atoms with E-state index in [1.165, 1.54) is 37.9 Å². The van der Waals surface area contributed by atoms with E-state index in [-0.39, 0.29) is 12.3 Å². The molecule has 5 nitrogen and oxygen atoms in total. The number of aliphatic hydroxyl groups is 1. The van der Waals surface area contributed by atoms with Crippen molar-refractivity contribution in [1.29, 1.82) is 0 Å². The zero-order valence-electron chi connectivity index (χ0n) is 12.3. The largest absolute Gasteiger partial charge is 0.511 e. The SMILES string of the molecule is O=CNC/C(O)=C/Cc1cc(CN2CCCCC2)ccn1. The summed E-state index contributed by atoms with van der Waals surface area (Å²) in [6.45, 7) is 3.49. The van der Waals surface area contributed by atoms with Crippen LogP contribution in [0.5, 0.6) is 0 Å². The molecule has 21 heavy (non-hydrogen) atoms. The number of hydrogen-bond donors (Lipinski definition) is 2. The minimum absolute atomic E-state index is 0.158. The minimum atomic E-state index is 0.158. The van der Waals surface area contributed by atoms with Gasteiger partial charge in [0.25, 0.3) is 0 Å². The van der Waals surface area contributed by atoms with Crippen molar-refractivity contribution in [3.63, 3.8) is 0 Å². The first-order valence-corrected chi connectivity index (χ1v) is 7.49. The Morgan fingerprint density at radius 1 is 1.38 bits per heavy atom. The number of likely N-dealkylation sites (tertiary alicyclic amines) is 1. The molecular formula is C16H23N3O2. The Morgan fingerprint density at radius 2 is 2.19 bits per heavy atom. The van der Waals surface area contributed by atoms with Gasteiger partial charge in [-0.15, -0.1) is 0 Å². The van der Waals surface area contributed by atoms with E-state index in [1.54, 1.807) is 6.08 Å². The van der Waals surface area contributed by atoms with Crippen LogP contribution in [0.3, 0.4) is 0 Å². The molecule has 1 aliphatic heterocycles. The van der Waals surface area contributed by atoms with Gasteiger partial charge in [0.05, 0.1) is 6.54 Å². The average Bonchev–Trinajstić information content (AvgIpc) is 2.52. The van der Waals surface area contributed by atoms with E-state index in [1.807, 2.05) is 6.20 Å². The van der Waals surface area contributed by atoms with Gasteiger partial charge in [-0.25, -0.2) is 0 Å². The monoisotopic (exact) mass is 289 g/mol. The zero-order valence-corrected chi connectivity index (χ0v) is 12.3. The van der Waals surface area contributed by atoms with Gasteiger partial charge in [0.2, 0.25) is 6.41 Å². The Kier molecular flexibility index (Phi) is 6.22. The molecule has 5 heteroatoms. The first kappa shape index (κ1) is 15.5. The van der Waals surface area contributed by atoms with Crippen molar-refractivity contribution in [1.82, 2.24) is 15.2 Å². The fraction of sp³-hybridized carbons (Fsp3) is 0.500. The molecule has 1 aromatic heterocycles. The zero-order chi connectivity index (χ0) is 14.9. The van der Waals surface area contributed by atoms with E-state index in [4.69, 9.17) is 0 Å². The van der Waals surface area contributed by atoms with E-state index in [0.29, 0.717) is 12.8 Å². The number of piperidine rings is 1. The predicted octanol–water partition coefficient (Wildman–Crippen LogP) is 1.80. The maximum absolute atomic E-state index is 10.2. The van der Waals surface area contributed by atoms with Gasteiger partial charge in [-0.2, -0.15) is 0 Å². The molecule has 2 N–H and O–H groups in total. The number of pyridine rings is 1. The summed E-state index contributed by atoms with van der Waals surface area (Å²) >= 11 is 0. The molecule has 114 valence electrons. The lowest BCUT2D eigenvalue weighted by molar-refractivity contribution is -0.109. The number of allylic oxidation sites excluding steroid dienone is 1. The van der Waals surface area contributed by atoms with Crippen LogP contribution in [0, 0.1) is 0 Å². The maximum atomic E-state index is 10.2. The molecule has 0 bridgehead atoms. The second kappa shape index (κ2) is 8.42. The fourth-order valence-electron chi connectivity index (χ4n) is 2.55. The van der Waals surface area contributed by atoms with Gasteiger partial charge in [-0.1, -0.05) is 6.42 Å². The van der Waals surface area contributed by atoms with E-state index in [9.17, 15) is 9.90 Å². The van der Waals surface area contributed by atoms with Crippen LogP contribution in [0.4, 0.5) is 0 Å². The summed E-state index contributed by atoms with van der Waals surface area (Å²) in [5.74, 6) is 0.158. The van der Waals surface area contributed by atoms with Crippen molar-refractivity contribution in [2.24, 2.45) is 0 Å². The number of nitrogens with zero attached hydrogens (tertiary/aromatic N) is 2. The van der Waals surface area contributed by atoms with Gasteiger partial charge < -0.3 is 10.4 Å². The maximum Gasteiger partial charge on any atom is 0.207 e. The first-order chi connectivity index (χ1) is 10.3. The molecule has 1 amide bonds. The van der Waals surface area contributed by atoms with Gasteiger partial charge in [0.15, 0.2) is 0 Å². The van der Waals surface area contributed by atoms with Crippen molar-refractivity contribution in [2.75, 3.05) is 19.6 Å². The van der Waals surface area contributed by atoms with Gasteiger partial charge in [0.1, 0.15) is 5.76 Å². The lowest BCUT2D eigenvalue weighted by Gasteiger charge is -2.26. The first-order valence-electron chi connectivity index (χ1n) is 7.49. The highest BCUT2D eigenvalue weighted by Crippen LogP contribution is 2.13. The average molecular weight is 289 g/mol. The van der Waals surface area contributed by atoms with Gasteiger partial charge in [-0.05, 0) is 49.7 Å². The Morgan fingerprint density at radius 3 is 2.95 bits per heavy atom. The lowest BCUT2D eigenvalue weighted by atomic mass is 10.1. The number of aliphatic hydroxyl groups excluding tert-OH is 1. The minimum Gasteiger partial charge on any atom is -0.511 e. The Balaban J connectivity index is 1.89. The van der Waals surface area contributed by atoms with Crippen molar-refractivity contribution in [2.45, 2.75) is 32.2 Å². The van der Waals surface area contributed by atoms with Gasteiger partial charge in [0, 0.05) is 24.9 Å². The molecule has 0 aromatic carbocycles. The number of nitrogens with one attached hydrogen (secondary N) is 1. The van der Waals surface area contributed by atoms with E-state index >= 15 is 0 Å².